The molecule has 0 bridgehead atoms. The summed E-state index contributed by atoms with van der Waals surface area (Å²) in [5.74, 6) is 0.563. The molecule has 2 unspecified atom stereocenters. The molecule has 2 rings (SSSR count). The first-order chi connectivity index (χ1) is 10.2. The molecule has 1 N–H and O–H groups in total. The summed E-state index contributed by atoms with van der Waals surface area (Å²) < 4.78 is 0. The summed E-state index contributed by atoms with van der Waals surface area (Å²) in [6.07, 6.45) is 6.43. The molecule has 1 aliphatic heterocycles. The Balaban J connectivity index is 2.24. The van der Waals surface area contributed by atoms with Crippen LogP contribution in [-0.4, -0.2) is 24.1 Å². The number of nitrogens with one attached hydrogen (secondary N) is 1. The lowest BCUT2D eigenvalue weighted by Crippen LogP contribution is -2.39. The lowest BCUT2D eigenvalue weighted by atomic mass is 10.0. The van der Waals surface area contributed by atoms with E-state index in [0.717, 1.165) is 13.1 Å². The lowest BCUT2D eigenvalue weighted by molar-refractivity contribution is 0.449. The van der Waals surface area contributed by atoms with Crippen molar-refractivity contribution in [3.63, 3.8) is 0 Å². The van der Waals surface area contributed by atoms with E-state index in [4.69, 9.17) is 4.98 Å². The number of nitrogens with zero attached hydrogens (tertiary/aromatic N) is 2. The maximum Gasteiger partial charge on any atom is 0.186 e. The molecule has 21 heavy (non-hydrogen) atoms. The Hall–Kier alpha value is -0.610. The van der Waals surface area contributed by atoms with Crippen LogP contribution in [0, 0.1) is 0 Å². The summed E-state index contributed by atoms with van der Waals surface area (Å²) >= 11 is 1.92. The van der Waals surface area contributed by atoms with Crippen LogP contribution in [0.25, 0.3) is 0 Å². The van der Waals surface area contributed by atoms with Gasteiger partial charge in [-0.3, -0.25) is 0 Å². The molecule has 1 aromatic heterocycles. The van der Waals surface area contributed by atoms with E-state index in [0.29, 0.717) is 12.0 Å². The first kappa shape index (κ1) is 16.8. The molecule has 2 heterocycles. The highest BCUT2D eigenvalue weighted by atomic mass is 32.1. The Labute approximate surface area is 134 Å². The topological polar surface area (TPSA) is 28.2 Å². The normalized spacial score (nSPS) is 20.8. The monoisotopic (exact) mass is 309 g/mol. The van der Waals surface area contributed by atoms with Crippen LogP contribution in [0.3, 0.4) is 0 Å². The van der Waals surface area contributed by atoms with Crippen LogP contribution in [-0.2, 0) is 6.54 Å². The second-order valence-electron chi connectivity index (χ2n) is 6.15. The van der Waals surface area contributed by atoms with E-state index in [2.05, 4.69) is 37.9 Å². The van der Waals surface area contributed by atoms with E-state index in [1.807, 2.05) is 11.3 Å². The summed E-state index contributed by atoms with van der Waals surface area (Å²) in [6, 6.07) is 0.696. The molecule has 1 aromatic rings. The summed E-state index contributed by atoms with van der Waals surface area (Å²) in [7, 11) is 0. The van der Waals surface area contributed by atoms with Crippen molar-refractivity contribution < 1.29 is 0 Å². The summed E-state index contributed by atoms with van der Waals surface area (Å²) in [6.45, 7) is 12.2. The minimum Gasteiger partial charge on any atom is -0.345 e. The van der Waals surface area contributed by atoms with E-state index < -0.39 is 0 Å². The number of hydrogen-bond donors (Lipinski definition) is 1. The van der Waals surface area contributed by atoms with Gasteiger partial charge in [-0.2, -0.15) is 0 Å². The average Bonchev–Trinajstić information content (AvgIpc) is 2.96. The molecule has 0 spiro atoms. The Morgan fingerprint density at radius 2 is 2.14 bits per heavy atom. The van der Waals surface area contributed by atoms with Gasteiger partial charge in [-0.15, -0.1) is 11.3 Å². The molecule has 0 saturated carbocycles. The van der Waals surface area contributed by atoms with Gasteiger partial charge in [0.2, 0.25) is 0 Å². The van der Waals surface area contributed by atoms with Crippen LogP contribution < -0.4 is 10.2 Å². The highest BCUT2D eigenvalue weighted by Gasteiger charge is 2.25. The maximum absolute atomic E-state index is 5.06. The fourth-order valence-electron chi connectivity index (χ4n) is 3.09. The van der Waals surface area contributed by atoms with Crippen molar-refractivity contribution in [3.05, 3.63) is 10.6 Å². The quantitative estimate of drug-likeness (QED) is 0.802. The number of hydrogen-bond acceptors (Lipinski definition) is 4. The second-order valence-corrected chi connectivity index (χ2v) is 7.21. The van der Waals surface area contributed by atoms with Crippen LogP contribution in [0.4, 0.5) is 5.13 Å². The Morgan fingerprint density at radius 3 is 2.81 bits per heavy atom. The Kier molecular flexibility index (Phi) is 6.49. The summed E-state index contributed by atoms with van der Waals surface area (Å²) in [5, 5.41) is 4.75. The van der Waals surface area contributed by atoms with Gasteiger partial charge in [0.05, 0.1) is 5.69 Å². The van der Waals surface area contributed by atoms with E-state index >= 15 is 0 Å². The SMILES string of the molecule is CCNCc1sc(N2CCCCC2CC)nc1C(C)CC. The van der Waals surface area contributed by atoms with Gasteiger partial charge in [-0.25, -0.2) is 4.98 Å². The van der Waals surface area contributed by atoms with Gasteiger partial charge < -0.3 is 10.2 Å². The number of thiazole rings is 1. The van der Waals surface area contributed by atoms with E-state index in [-0.39, 0.29) is 0 Å². The standard InChI is InChI=1S/C17H31N3S/c1-5-13(4)16-15(12-18-7-3)21-17(19-16)20-11-9-8-10-14(20)6-2/h13-14,18H,5-12H2,1-4H3. The van der Waals surface area contributed by atoms with Crippen molar-refractivity contribution in [2.45, 2.75) is 78.3 Å². The van der Waals surface area contributed by atoms with Crippen LogP contribution >= 0.6 is 11.3 Å². The van der Waals surface area contributed by atoms with E-state index in [9.17, 15) is 0 Å². The van der Waals surface area contributed by atoms with Crippen molar-refractivity contribution in [2.24, 2.45) is 0 Å². The molecule has 2 atom stereocenters. The molecule has 3 nitrogen and oxygen atoms in total. The van der Waals surface area contributed by atoms with Crippen LogP contribution in [0.15, 0.2) is 0 Å². The largest absolute Gasteiger partial charge is 0.345 e. The maximum atomic E-state index is 5.06. The highest BCUT2D eigenvalue weighted by molar-refractivity contribution is 7.15. The average molecular weight is 310 g/mol. The Bertz CT molecular complexity index is 430. The Morgan fingerprint density at radius 1 is 1.33 bits per heavy atom. The molecule has 1 saturated heterocycles. The first-order valence-corrected chi connectivity index (χ1v) is 9.49. The number of aromatic nitrogens is 1. The van der Waals surface area contributed by atoms with E-state index in [1.165, 1.54) is 54.4 Å². The van der Waals surface area contributed by atoms with Gasteiger partial charge in [0.1, 0.15) is 0 Å². The molecule has 0 aliphatic carbocycles. The van der Waals surface area contributed by atoms with Gasteiger partial charge in [-0.05, 0) is 44.6 Å². The van der Waals surface area contributed by atoms with E-state index in [1.54, 1.807) is 0 Å². The van der Waals surface area contributed by atoms with Crippen molar-refractivity contribution in [2.75, 3.05) is 18.0 Å². The zero-order valence-corrected chi connectivity index (χ0v) is 14.9. The van der Waals surface area contributed by atoms with Crippen LogP contribution in [0.2, 0.25) is 0 Å². The van der Waals surface area contributed by atoms with Crippen molar-refractivity contribution in [3.8, 4) is 0 Å². The van der Waals surface area contributed by atoms with Gasteiger partial charge >= 0.3 is 0 Å². The van der Waals surface area contributed by atoms with Gasteiger partial charge in [0.25, 0.3) is 0 Å². The minimum absolute atomic E-state index is 0.563. The molecular weight excluding hydrogens is 278 g/mol. The molecule has 0 amide bonds. The summed E-state index contributed by atoms with van der Waals surface area (Å²) in [4.78, 5) is 9.08. The zero-order chi connectivity index (χ0) is 15.2. The molecular formula is C17H31N3S. The van der Waals surface area contributed by atoms with Gasteiger partial charge in [0.15, 0.2) is 5.13 Å². The number of anilines is 1. The molecule has 0 radical (unpaired) electrons. The fourth-order valence-corrected chi connectivity index (χ4v) is 4.34. The van der Waals surface area contributed by atoms with Crippen molar-refractivity contribution in [1.29, 1.82) is 0 Å². The predicted octanol–water partition coefficient (Wildman–Crippen LogP) is 4.54. The van der Waals surface area contributed by atoms with Crippen molar-refractivity contribution in [1.82, 2.24) is 10.3 Å². The van der Waals surface area contributed by atoms with Crippen LogP contribution in [0.5, 0.6) is 0 Å². The lowest BCUT2D eigenvalue weighted by Gasteiger charge is -2.35. The molecule has 1 aliphatic rings. The third-order valence-corrected chi connectivity index (χ3v) is 5.78. The first-order valence-electron chi connectivity index (χ1n) is 8.68. The van der Waals surface area contributed by atoms with Crippen molar-refractivity contribution >= 4 is 16.5 Å². The molecule has 4 heteroatoms. The highest BCUT2D eigenvalue weighted by Crippen LogP contribution is 2.35. The van der Waals surface area contributed by atoms with Gasteiger partial charge in [-0.1, -0.05) is 27.7 Å². The minimum atomic E-state index is 0.563. The number of piperidine rings is 1. The predicted molar refractivity (Wildman–Crippen MR) is 93.5 cm³/mol. The fraction of sp³-hybridized carbons (Fsp3) is 0.824. The third-order valence-electron chi connectivity index (χ3n) is 4.68. The zero-order valence-electron chi connectivity index (χ0n) is 14.1. The summed E-state index contributed by atoms with van der Waals surface area (Å²) in [5.41, 5.74) is 1.33. The molecule has 120 valence electrons. The van der Waals surface area contributed by atoms with Crippen LogP contribution in [0.1, 0.15) is 76.3 Å². The molecule has 1 fully saturated rings. The number of rotatable bonds is 7. The second kappa shape index (κ2) is 8.14. The third kappa shape index (κ3) is 3.98. The smallest absolute Gasteiger partial charge is 0.186 e. The molecule has 0 aromatic carbocycles. The van der Waals surface area contributed by atoms with Gasteiger partial charge in [0, 0.05) is 24.0 Å².